The summed E-state index contributed by atoms with van der Waals surface area (Å²) in [6, 6.07) is 9.67. The van der Waals surface area contributed by atoms with Crippen LogP contribution in [0.1, 0.15) is 25.8 Å². The molecule has 6 heteroatoms. The number of carbonyl (C=O) groups is 2. The number of amides is 1. The molecule has 0 unspecified atom stereocenters. The molecule has 0 fully saturated rings. The van der Waals surface area contributed by atoms with Gasteiger partial charge in [-0.1, -0.05) is 25.1 Å². The predicted molar refractivity (Wildman–Crippen MR) is 91.5 cm³/mol. The minimum atomic E-state index is -1.04. The van der Waals surface area contributed by atoms with Crippen molar-refractivity contribution in [2.24, 2.45) is 0 Å². The largest absolute Gasteiger partial charge is 0.467 e. The Balaban J connectivity index is 2.04. The number of nitrogens with one attached hydrogen (secondary N) is 1. The Hall–Kier alpha value is -2.89. The minimum absolute atomic E-state index is 0.364. The summed E-state index contributed by atoms with van der Waals surface area (Å²) in [7, 11) is 1.30. The van der Waals surface area contributed by atoms with E-state index >= 15 is 0 Å². The average molecular weight is 327 g/mol. The molecule has 1 aromatic carbocycles. The molecule has 1 heterocycles. The third-order valence-electron chi connectivity index (χ3n) is 3.79. The van der Waals surface area contributed by atoms with Gasteiger partial charge in [0.05, 0.1) is 19.0 Å². The van der Waals surface area contributed by atoms with Crippen LogP contribution in [0.25, 0.3) is 11.8 Å². The van der Waals surface area contributed by atoms with Gasteiger partial charge < -0.3 is 10.1 Å². The Labute approximate surface area is 141 Å². The number of rotatable bonds is 6. The van der Waals surface area contributed by atoms with E-state index in [1.54, 1.807) is 23.9 Å². The first-order valence-corrected chi connectivity index (χ1v) is 7.67. The first kappa shape index (κ1) is 17.5. The second kappa shape index (κ2) is 7.59. The molecule has 1 amide bonds. The normalized spacial score (nSPS) is 13.5. The van der Waals surface area contributed by atoms with E-state index in [0.29, 0.717) is 6.42 Å². The number of nitrogens with zero attached hydrogens (tertiary/aromatic N) is 2. The zero-order valence-electron chi connectivity index (χ0n) is 14.0. The van der Waals surface area contributed by atoms with E-state index in [0.717, 1.165) is 11.3 Å². The molecule has 0 aliphatic heterocycles. The van der Waals surface area contributed by atoms with Crippen LogP contribution in [0.2, 0.25) is 0 Å². The highest BCUT2D eigenvalue weighted by molar-refractivity contribution is 5.95. The highest BCUT2D eigenvalue weighted by Crippen LogP contribution is 2.12. The number of hydrogen-bond donors (Lipinski definition) is 1. The summed E-state index contributed by atoms with van der Waals surface area (Å²) < 4.78 is 6.46. The molecule has 1 aromatic heterocycles. The summed E-state index contributed by atoms with van der Waals surface area (Å²) in [5, 5.41) is 6.93. The maximum Gasteiger partial charge on any atom is 0.331 e. The molecule has 2 rings (SSSR count). The van der Waals surface area contributed by atoms with Gasteiger partial charge in [-0.15, -0.1) is 0 Å². The highest BCUT2D eigenvalue weighted by atomic mass is 16.5. The highest BCUT2D eigenvalue weighted by Gasteiger charge is 2.33. The molecule has 0 aliphatic rings. The molecular weight excluding hydrogens is 306 g/mol. The number of aromatic nitrogens is 2. The van der Waals surface area contributed by atoms with Crippen molar-refractivity contribution >= 4 is 18.0 Å². The zero-order chi connectivity index (χ0) is 17.6. The zero-order valence-corrected chi connectivity index (χ0v) is 14.0. The number of carbonyl (C=O) groups excluding carboxylic acids is 2. The third kappa shape index (κ3) is 4.10. The first-order chi connectivity index (χ1) is 11.5. The van der Waals surface area contributed by atoms with Crippen molar-refractivity contribution in [3.05, 3.63) is 54.4 Å². The van der Waals surface area contributed by atoms with Crippen molar-refractivity contribution < 1.29 is 14.3 Å². The predicted octanol–water partition coefficient (Wildman–Crippen LogP) is 2.34. The van der Waals surface area contributed by atoms with Crippen LogP contribution in [-0.4, -0.2) is 34.3 Å². The van der Waals surface area contributed by atoms with Gasteiger partial charge in [0.15, 0.2) is 0 Å². The lowest BCUT2D eigenvalue weighted by atomic mass is 9.99. The van der Waals surface area contributed by atoms with Gasteiger partial charge in [0.1, 0.15) is 5.54 Å². The van der Waals surface area contributed by atoms with E-state index in [2.05, 4.69) is 10.4 Å². The topological polar surface area (TPSA) is 73.2 Å². The lowest BCUT2D eigenvalue weighted by Gasteiger charge is -2.25. The molecule has 24 heavy (non-hydrogen) atoms. The van der Waals surface area contributed by atoms with E-state index in [1.165, 1.54) is 13.2 Å². The summed E-state index contributed by atoms with van der Waals surface area (Å²) >= 11 is 0. The molecule has 0 radical (unpaired) electrons. The van der Waals surface area contributed by atoms with Crippen LogP contribution in [0, 0.1) is 0 Å². The molecule has 126 valence electrons. The number of ether oxygens (including phenoxy) is 1. The van der Waals surface area contributed by atoms with Crippen molar-refractivity contribution in [2.75, 3.05) is 7.11 Å². The van der Waals surface area contributed by atoms with Gasteiger partial charge >= 0.3 is 5.97 Å². The number of hydrogen-bond acceptors (Lipinski definition) is 4. The second-order valence-electron chi connectivity index (χ2n) is 5.55. The Morgan fingerprint density at radius 1 is 1.33 bits per heavy atom. The van der Waals surface area contributed by atoms with Crippen LogP contribution in [0.3, 0.4) is 0 Å². The van der Waals surface area contributed by atoms with Gasteiger partial charge in [0.2, 0.25) is 5.91 Å². The van der Waals surface area contributed by atoms with Crippen molar-refractivity contribution in [1.29, 1.82) is 0 Å². The molecule has 0 bridgehead atoms. The molecule has 0 spiro atoms. The maximum absolute atomic E-state index is 12.1. The summed E-state index contributed by atoms with van der Waals surface area (Å²) in [5.74, 6) is -0.833. The fourth-order valence-electron chi connectivity index (χ4n) is 2.14. The van der Waals surface area contributed by atoms with E-state index in [9.17, 15) is 9.59 Å². The van der Waals surface area contributed by atoms with Gasteiger partial charge in [-0.2, -0.15) is 5.10 Å². The van der Waals surface area contributed by atoms with Gasteiger partial charge in [0.25, 0.3) is 0 Å². The Bertz CT molecular complexity index is 737. The van der Waals surface area contributed by atoms with Gasteiger partial charge in [-0.25, -0.2) is 9.48 Å². The summed E-state index contributed by atoms with van der Waals surface area (Å²) in [4.78, 5) is 23.8. The maximum atomic E-state index is 12.1. The number of benzene rings is 1. The van der Waals surface area contributed by atoms with Gasteiger partial charge in [0, 0.05) is 17.8 Å². The molecule has 0 saturated carbocycles. The van der Waals surface area contributed by atoms with Crippen LogP contribution in [0.4, 0.5) is 0 Å². The molecule has 1 atom stereocenters. The summed E-state index contributed by atoms with van der Waals surface area (Å²) in [6.45, 7) is 3.45. The molecule has 2 aromatic rings. The van der Waals surface area contributed by atoms with E-state index < -0.39 is 11.5 Å². The fraction of sp³-hybridized carbons (Fsp3) is 0.278. The van der Waals surface area contributed by atoms with Crippen molar-refractivity contribution in [1.82, 2.24) is 15.1 Å². The van der Waals surface area contributed by atoms with Crippen molar-refractivity contribution in [3.8, 4) is 5.69 Å². The molecular formula is C18H21N3O3. The van der Waals surface area contributed by atoms with Crippen LogP contribution in [0.15, 0.2) is 48.8 Å². The molecule has 0 saturated heterocycles. The quantitative estimate of drug-likeness (QED) is 0.653. The van der Waals surface area contributed by atoms with Gasteiger partial charge in [-0.3, -0.25) is 4.79 Å². The average Bonchev–Trinajstić information content (AvgIpc) is 3.09. The van der Waals surface area contributed by atoms with E-state index in [1.807, 2.05) is 43.5 Å². The van der Waals surface area contributed by atoms with Crippen LogP contribution >= 0.6 is 0 Å². The second-order valence-corrected chi connectivity index (χ2v) is 5.55. The Morgan fingerprint density at radius 2 is 2.04 bits per heavy atom. The molecule has 1 N–H and O–H groups in total. The van der Waals surface area contributed by atoms with Gasteiger partial charge in [-0.05, 0) is 31.6 Å². The minimum Gasteiger partial charge on any atom is -0.467 e. The lowest BCUT2D eigenvalue weighted by Crippen LogP contribution is -2.51. The van der Waals surface area contributed by atoms with Crippen LogP contribution in [-0.2, 0) is 14.3 Å². The summed E-state index contributed by atoms with van der Waals surface area (Å²) in [6.07, 6.45) is 6.94. The van der Waals surface area contributed by atoms with Crippen LogP contribution < -0.4 is 5.32 Å². The Kier molecular flexibility index (Phi) is 5.52. The summed E-state index contributed by atoms with van der Waals surface area (Å²) in [5.41, 5.74) is 0.681. The number of para-hydroxylation sites is 1. The van der Waals surface area contributed by atoms with Crippen molar-refractivity contribution in [2.45, 2.75) is 25.8 Å². The smallest absolute Gasteiger partial charge is 0.331 e. The SMILES string of the molecule is CC[C@](C)(NC(=O)/C=C\c1cnn(-c2ccccc2)c1)C(=O)OC. The van der Waals surface area contributed by atoms with E-state index in [-0.39, 0.29) is 5.91 Å². The monoisotopic (exact) mass is 327 g/mol. The first-order valence-electron chi connectivity index (χ1n) is 7.67. The Morgan fingerprint density at radius 3 is 2.67 bits per heavy atom. The molecule has 0 aliphatic carbocycles. The number of esters is 1. The fourth-order valence-corrected chi connectivity index (χ4v) is 2.14. The standard InChI is InChI=1S/C18H21N3O3/c1-4-18(2,17(23)24-3)20-16(22)11-10-14-12-19-21(13-14)15-8-6-5-7-9-15/h5-13H,4H2,1-3H3,(H,20,22)/b11-10-/t18-/m0/s1. The van der Waals surface area contributed by atoms with Crippen molar-refractivity contribution in [3.63, 3.8) is 0 Å². The number of methoxy groups -OCH3 is 1. The van der Waals surface area contributed by atoms with E-state index in [4.69, 9.17) is 4.74 Å². The lowest BCUT2D eigenvalue weighted by molar-refractivity contribution is -0.149. The third-order valence-corrected chi connectivity index (χ3v) is 3.79. The molecule has 6 nitrogen and oxygen atoms in total. The van der Waals surface area contributed by atoms with Crippen LogP contribution in [0.5, 0.6) is 0 Å².